The number of hydrogen-bond acceptors (Lipinski definition) is 1. The Kier molecular flexibility index (Phi) is 8.90. The van der Waals surface area contributed by atoms with E-state index in [1.807, 2.05) is 0 Å². The molecule has 12 rings (SSSR count). The molecular formula is C62H41N. The molecule has 0 N–H and O–H groups in total. The molecule has 0 atom stereocenters. The summed E-state index contributed by atoms with van der Waals surface area (Å²) in [5, 5.41) is 12.6. The minimum absolute atomic E-state index is 1.10. The Morgan fingerprint density at radius 2 is 0.730 bits per heavy atom. The summed E-state index contributed by atoms with van der Waals surface area (Å²) >= 11 is 0. The van der Waals surface area contributed by atoms with Crippen molar-refractivity contribution in [3.8, 4) is 44.5 Å². The number of anilines is 3. The maximum Gasteiger partial charge on any atom is 0.0540 e. The number of benzene rings is 12. The van der Waals surface area contributed by atoms with Gasteiger partial charge in [-0.15, -0.1) is 0 Å². The lowest BCUT2D eigenvalue weighted by molar-refractivity contribution is 1.29. The van der Waals surface area contributed by atoms with Crippen molar-refractivity contribution in [2.45, 2.75) is 0 Å². The maximum absolute atomic E-state index is 2.44. The fourth-order valence-corrected chi connectivity index (χ4v) is 9.74. The van der Waals surface area contributed by atoms with E-state index in [0.29, 0.717) is 0 Å². The lowest BCUT2D eigenvalue weighted by Gasteiger charge is -2.29. The molecule has 0 saturated carbocycles. The molecule has 0 fully saturated rings. The molecule has 0 radical (unpaired) electrons. The predicted octanol–water partition coefficient (Wildman–Crippen LogP) is 17.6. The number of fused-ring (bicyclic) bond motifs is 8. The molecular weight excluding hydrogens is 759 g/mol. The van der Waals surface area contributed by atoms with Gasteiger partial charge < -0.3 is 4.90 Å². The smallest absolute Gasteiger partial charge is 0.0540 e. The summed E-state index contributed by atoms with van der Waals surface area (Å²) < 4.78 is 0. The van der Waals surface area contributed by atoms with Crippen LogP contribution in [0.4, 0.5) is 17.1 Å². The molecule has 0 aliphatic heterocycles. The Balaban J connectivity index is 1.03. The predicted molar refractivity (Wildman–Crippen MR) is 270 cm³/mol. The summed E-state index contributed by atoms with van der Waals surface area (Å²) in [5.41, 5.74) is 12.8. The fraction of sp³-hybridized carbons (Fsp3) is 0. The van der Waals surface area contributed by atoms with E-state index in [0.717, 1.165) is 28.2 Å². The highest BCUT2D eigenvalue weighted by Gasteiger charge is 2.20. The lowest BCUT2D eigenvalue weighted by Crippen LogP contribution is -2.11. The third kappa shape index (κ3) is 6.50. The molecule has 0 spiro atoms. The van der Waals surface area contributed by atoms with Crippen molar-refractivity contribution in [2.24, 2.45) is 0 Å². The van der Waals surface area contributed by atoms with Gasteiger partial charge in [-0.05, 0) is 135 Å². The van der Waals surface area contributed by atoms with E-state index in [4.69, 9.17) is 0 Å². The van der Waals surface area contributed by atoms with Crippen LogP contribution >= 0.6 is 0 Å². The quantitative estimate of drug-likeness (QED) is 0.145. The number of hydrogen-bond donors (Lipinski definition) is 0. The molecule has 0 aliphatic rings. The largest absolute Gasteiger partial charge is 0.310 e. The average Bonchev–Trinajstić information content (AvgIpc) is 3.36. The standard InChI is InChI=1S/C62H41N/c1-3-14-42(15-4-1)47-20-13-21-51(39-47)63(52-33-28-46-27-26-44-18-8-10-23-54(44)61(46)41-52)62-25-12-11-24-57(62)50-31-35-56(60(40-50)43-16-5-2-6-17-43)49-30-34-55-48(38-49)32-37-58-53-22-9-7-19-45(53)29-36-59(55)58/h1-41H. The molecule has 0 heterocycles. The van der Waals surface area contributed by atoms with Crippen LogP contribution in [-0.4, -0.2) is 0 Å². The van der Waals surface area contributed by atoms with Crippen molar-refractivity contribution >= 4 is 70.9 Å². The Morgan fingerprint density at radius 3 is 1.51 bits per heavy atom. The third-order valence-corrected chi connectivity index (χ3v) is 12.8. The van der Waals surface area contributed by atoms with Crippen LogP contribution in [0.5, 0.6) is 0 Å². The van der Waals surface area contributed by atoms with Crippen LogP contribution in [0.2, 0.25) is 0 Å². The van der Waals surface area contributed by atoms with E-state index in [9.17, 15) is 0 Å². The molecule has 63 heavy (non-hydrogen) atoms. The van der Waals surface area contributed by atoms with Gasteiger partial charge in [-0.1, -0.05) is 206 Å². The highest BCUT2D eigenvalue weighted by atomic mass is 15.1. The monoisotopic (exact) mass is 799 g/mol. The first-order valence-corrected chi connectivity index (χ1v) is 21.7. The highest BCUT2D eigenvalue weighted by Crippen LogP contribution is 2.45. The first-order chi connectivity index (χ1) is 31.2. The summed E-state index contributed by atoms with van der Waals surface area (Å²) in [5.74, 6) is 0. The third-order valence-electron chi connectivity index (χ3n) is 12.8. The molecule has 294 valence electrons. The summed E-state index contributed by atoms with van der Waals surface area (Å²) in [6.45, 7) is 0. The first kappa shape index (κ1) is 36.6. The first-order valence-electron chi connectivity index (χ1n) is 21.7. The molecule has 0 amide bonds. The molecule has 12 aromatic rings. The second kappa shape index (κ2) is 15.3. The van der Waals surface area contributed by atoms with Crippen molar-refractivity contribution in [1.82, 2.24) is 0 Å². The van der Waals surface area contributed by atoms with E-state index in [1.54, 1.807) is 0 Å². The summed E-state index contributed by atoms with van der Waals surface area (Å²) in [7, 11) is 0. The van der Waals surface area contributed by atoms with Crippen molar-refractivity contribution in [1.29, 1.82) is 0 Å². The van der Waals surface area contributed by atoms with E-state index in [1.165, 1.54) is 87.2 Å². The van der Waals surface area contributed by atoms with Gasteiger partial charge >= 0.3 is 0 Å². The molecule has 0 bridgehead atoms. The Hall–Kier alpha value is -8.26. The zero-order chi connectivity index (χ0) is 41.7. The second-order valence-corrected chi connectivity index (χ2v) is 16.5. The minimum Gasteiger partial charge on any atom is -0.310 e. The van der Waals surface area contributed by atoms with Crippen molar-refractivity contribution in [3.63, 3.8) is 0 Å². The summed E-state index contributed by atoms with van der Waals surface area (Å²) in [4.78, 5) is 2.44. The summed E-state index contributed by atoms with van der Waals surface area (Å²) in [6.07, 6.45) is 0. The molecule has 1 nitrogen and oxygen atoms in total. The molecule has 0 aromatic heterocycles. The van der Waals surface area contributed by atoms with Gasteiger partial charge in [0.1, 0.15) is 0 Å². The molecule has 1 heteroatoms. The van der Waals surface area contributed by atoms with Crippen LogP contribution in [0.15, 0.2) is 249 Å². The Morgan fingerprint density at radius 1 is 0.206 bits per heavy atom. The van der Waals surface area contributed by atoms with Gasteiger partial charge in [0.15, 0.2) is 0 Å². The molecule has 0 aliphatic carbocycles. The van der Waals surface area contributed by atoms with Gasteiger partial charge in [0, 0.05) is 16.9 Å². The lowest BCUT2D eigenvalue weighted by atomic mass is 9.89. The van der Waals surface area contributed by atoms with E-state index in [2.05, 4.69) is 254 Å². The van der Waals surface area contributed by atoms with Crippen LogP contribution in [-0.2, 0) is 0 Å². The molecule has 0 saturated heterocycles. The van der Waals surface area contributed by atoms with Gasteiger partial charge in [-0.25, -0.2) is 0 Å². The number of para-hydroxylation sites is 1. The molecule has 0 unspecified atom stereocenters. The van der Waals surface area contributed by atoms with Gasteiger partial charge in [0.2, 0.25) is 0 Å². The Labute approximate surface area is 367 Å². The van der Waals surface area contributed by atoms with Gasteiger partial charge in [0.05, 0.1) is 5.69 Å². The normalized spacial score (nSPS) is 11.5. The van der Waals surface area contributed by atoms with E-state index < -0.39 is 0 Å². The number of nitrogens with zero attached hydrogens (tertiary/aromatic N) is 1. The minimum atomic E-state index is 1.10. The van der Waals surface area contributed by atoms with E-state index >= 15 is 0 Å². The van der Waals surface area contributed by atoms with Crippen molar-refractivity contribution in [3.05, 3.63) is 249 Å². The van der Waals surface area contributed by atoms with Crippen LogP contribution in [0.3, 0.4) is 0 Å². The number of rotatable bonds is 7. The van der Waals surface area contributed by atoms with Crippen molar-refractivity contribution in [2.75, 3.05) is 4.90 Å². The van der Waals surface area contributed by atoms with Crippen LogP contribution in [0, 0.1) is 0 Å². The van der Waals surface area contributed by atoms with Gasteiger partial charge in [0.25, 0.3) is 0 Å². The zero-order valence-corrected chi connectivity index (χ0v) is 34.6. The summed E-state index contributed by atoms with van der Waals surface area (Å²) in [6, 6.07) is 91.2. The van der Waals surface area contributed by atoms with Crippen molar-refractivity contribution < 1.29 is 0 Å². The maximum atomic E-state index is 2.44. The topological polar surface area (TPSA) is 3.24 Å². The highest BCUT2D eigenvalue weighted by molar-refractivity contribution is 6.18. The Bertz CT molecular complexity index is 3680. The second-order valence-electron chi connectivity index (χ2n) is 16.5. The van der Waals surface area contributed by atoms with Gasteiger partial charge in [-0.2, -0.15) is 0 Å². The molecule has 12 aromatic carbocycles. The van der Waals surface area contributed by atoms with Gasteiger partial charge in [-0.3, -0.25) is 0 Å². The fourth-order valence-electron chi connectivity index (χ4n) is 9.74. The van der Waals surface area contributed by atoms with Crippen LogP contribution in [0.25, 0.3) is 98.4 Å². The zero-order valence-electron chi connectivity index (χ0n) is 34.6. The SMILES string of the molecule is c1ccc(-c2cccc(N(c3ccc4ccc5ccccc5c4c3)c3ccccc3-c3ccc(-c4ccc5c(ccc6c7ccccc7ccc56)c4)c(-c4ccccc4)c3)c2)cc1. The van der Waals surface area contributed by atoms with Crippen LogP contribution < -0.4 is 4.90 Å². The van der Waals surface area contributed by atoms with E-state index in [-0.39, 0.29) is 0 Å². The average molecular weight is 800 g/mol. The van der Waals surface area contributed by atoms with Crippen LogP contribution in [0.1, 0.15) is 0 Å².